The molecule has 1 amide bonds. The average molecular weight is 412 g/mol. The van der Waals surface area contributed by atoms with Crippen molar-refractivity contribution in [1.29, 1.82) is 0 Å². The highest BCUT2D eigenvalue weighted by Crippen LogP contribution is 2.30. The second-order valence-electron chi connectivity index (χ2n) is 6.53. The van der Waals surface area contributed by atoms with Crippen LogP contribution in [0.15, 0.2) is 47.8 Å². The Bertz CT molecular complexity index is 1040. The van der Waals surface area contributed by atoms with Crippen molar-refractivity contribution in [2.75, 3.05) is 12.4 Å². The van der Waals surface area contributed by atoms with Crippen molar-refractivity contribution in [3.8, 4) is 11.5 Å². The summed E-state index contributed by atoms with van der Waals surface area (Å²) in [5, 5.41) is 15.5. The van der Waals surface area contributed by atoms with Crippen LogP contribution in [-0.2, 0) is 6.61 Å². The normalized spacial score (nSPS) is 10.4. The van der Waals surface area contributed by atoms with Gasteiger partial charge in [-0.25, -0.2) is 0 Å². The Morgan fingerprint density at radius 2 is 1.86 bits per heavy atom. The monoisotopic (exact) mass is 412 g/mol. The minimum absolute atomic E-state index is 0.109. The molecule has 29 heavy (non-hydrogen) atoms. The number of hydrogen-bond donors (Lipinski definition) is 1. The standard InChI is InChI=1S/C21H20N2O5S/c1-13-6-14(2)8-17(7-13)28-11-15-9-20(29-12-15)21(24)22-18-5-4-16(23(25)26)10-19(18)27-3/h4-10,12H,11H2,1-3H3,(H,22,24). The van der Waals surface area contributed by atoms with Crippen molar-refractivity contribution in [3.63, 3.8) is 0 Å². The van der Waals surface area contributed by atoms with E-state index in [9.17, 15) is 14.9 Å². The van der Waals surface area contributed by atoms with Crippen LogP contribution in [-0.4, -0.2) is 17.9 Å². The Hall–Kier alpha value is -3.39. The lowest BCUT2D eigenvalue weighted by Gasteiger charge is -2.09. The smallest absolute Gasteiger partial charge is 0.273 e. The number of carbonyl (C=O) groups is 1. The van der Waals surface area contributed by atoms with Crippen molar-refractivity contribution in [1.82, 2.24) is 0 Å². The second-order valence-corrected chi connectivity index (χ2v) is 7.44. The first-order valence-corrected chi connectivity index (χ1v) is 9.66. The summed E-state index contributed by atoms with van der Waals surface area (Å²) in [5.41, 5.74) is 3.39. The van der Waals surface area contributed by atoms with E-state index in [-0.39, 0.29) is 17.3 Å². The number of anilines is 1. The summed E-state index contributed by atoms with van der Waals surface area (Å²) in [6, 6.07) is 11.8. The maximum absolute atomic E-state index is 12.5. The molecule has 0 fully saturated rings. The second kappa shape index (κ2) is 8.74. The number of carbonyl (C=O) groups excluding carboxylic acids is 1. The summed E-state index contributed by atoms with van der Waals surface area (Å²) in [4.78, 5) is 23.4. The van der Waals surface area contributed by atoms with Gasteiger partial charge in [-0.15, -0.1) is 11.3 Å². The van der Waals surface area contributed by atoms with Crippen molar-refractivity contribution in [2.45, 2.75) is 20.5 Å². The van der Waals surface area contributed by atoms with Gasteiger partial charge in [-0.05, 0) is 54.6 Å². The molecule has 0 atom stereocenters. The summed E-state index contributed by atoms with van der Waals surface area (Å²) in [6.07, 6.45) is 0. The zero-order valence-corrected chi connectivity index (χ0v) is 17.0. The van der Waals surface area contributed by atoms with Gasteiger partial charge in [0.1, 0.15) is 18.1 Å². The minimum atomic E-state index is -0.518. The maximum atomic E-state index is 12.5. The molecule has 1 N–H and O–H groups in total. The van der Waals surface area contributed by atoms with Gasteiger partial charge in [-0.3, -0.25) is 14.9 Å². The van der Waals surface area contributed by atoms with E-state index >= 15 is 0 Å². The molecule has 0 saturated carbocycles. The molecule has 0 spiro atoms. The molecule has 0 aliphatic heterocycles. The summed E-state index contributed by atoms with van der Waals surface area (Å²) in [7, 11) is 1.39. The van der Waals surface area contributed by atoms with E-state index < -0.39 is 4.92 Å². The molecule has 2 aromatic carbocycles. The number of nitro benzene ring substituents is 1. The van der Waals surface area contributed by atoms with E-state index in [4.69, 9.17) is 9.47 Å². The Morgan fingerprint density at radius 1 is 1.14 bits per heavy atom. The first kappa shape index (κ1) is 20.3. The van der Waals surface area contributed by atoms with E-state index in [1.54, 1.807) is 6.07 Å². The Balaban J connectivity index is 1.67. The molecule has 0 aliphatic carbocycles. The number of nitrogens with one attached hydrogen (secondary N) is 1. The van der Waals surface area contributed by atoms with Gasteiger partial charge in [0.15, 0.2) is 0 Å². The molecule has 0 unspecified atom stereocenters. The lowest BCUT2D eigenvalue weighted by Crippen LogP contribution is -2.11. The molecule has 1 heterocycles. The van der Waals surface area contributed by atoms with Crippen LogP contribution in [0.2, 0.25) is 0 Å². The lowest BCUT2D eigenvalue weighted by molar-refractivity contribution is -0.384. The number of ether oxygens (including phenoxy) is 2. The number of nitrogens with zero attached hydrogens (tertiary/aromatic N) is 1. The summed E-state index contributed by atoms with van der Waals surface area (Å²) in [5.74, 6) is 0.692. The van der Waals surface area contributed by atoms with Crippen LogP contribution < -0.4 is 14.8 Å². The quantitative estimate of drug-likeness (QED) is 0.430. The third-order valence-electron chi connectivity index (χ3n) is 4.12. The van der Waals surface area contributed by atoms with Crippen LogP contribution in [0.3, 0.4) is 0 Å². The summed E-state index contributed by atoms with van der Waals surface area (Å²) < 4.78 is 11.0. The van der Waals surface area contributed by atoms with Crippen molar-refractivity contribution < 1.29 is 19.2 Å². The van der Waals surface area contributed by atoms with Gasteiger partial charge in [0.05, 0.1) is 28.7 Å². The third kappa shape index (κ3) is 5.11. The summed E-state index contributed by atoms with van der Waals surface area (Å²) >= 11 is 1.30. The number of benzene rings is 2. The van der Waals surface area contributed by atoms with Crippen molar-refractivity contribution in [3.05, 3.63) is 79.5 Å². The number of nitro groups is 1. The number of non-ortho nitro benzene ring substituents is 1. The highest BCUT2D eigenvalue weighted by molar-refractivity contribution is 7.12. The predicted octanol–water partition coefficient (Wildman–Crippen LogP) is 5.11. The maximum Gasteiger partial charge on any atom is 0.273 e. The van der Waals surface area contributed by atoms with Gasteiger partial charge in [0, 0.05) is 11.6 Å². The molecule has 3 aromatic rings. The van der Waals surface area contributed by atoms with Gasteiger partial charge in [-0.2, -0.15) is 0 Å². The van der Waals surface area contributed by atoms with Crippen LogP contribution in [0.25, 0.3) is 0 Å². The lowest BCUT2D eigenvalue weighted by atomic mass is 10.1. The van der Waals surface area contributed by atoms with E-state index in [2.05, 4.69) is 11.4 Å². The highest BCUT2D eigenvalue weighted by Gasteiger charge is 2.15. The van der Waals surface area contributed by atoms with Gasteiger partial charge in [-0.1, -0.05) is 6.07 Å². The number of rotatable bonds is 7. The van der Waals surface area contributed by atoms with Gasteiger partial charge in [0.2, 0.25) is 0 Å². The van der Waals surface area contributed by atoms with E-state index in [0.717, 1.165) is 22.4 Å². The molecule has 0 saturated heterocycles. The van der Waals surface area contributed by atoms with Gasteiger partial charge < -0.3 is 14.8 Å². The zero-order chi connectivity index (χ0) is 21.0. The number of amides is 1. The minimum Gasteiger partial charge on any atom is -0.494 e. The van der Waals surface area contributed by atoms with Crippen LogP contribution in [0.1, 0.15) is 26.4 Å². The average Bonchev–Trinajstić information content (AvgIpc) is 3.15. The molecule has 0 aliphatic rings. The first-order valence-electron chi connectivity index (χ1n) is 8.78. The summed E-state index contributed by atoms with van der Waals surface area (Å²) in [6.45, 7) is 4.38. The molecule has 7 nitrogen and oxygen atoms in total. The first-order chi connectivity index (χ1) is 13.9. The van der Waals surface area contributed by atoms with Crippen LogP contribution >= 0.6 is 11.3 Å². The van der Waals surface area contributed by atoms with E-state index in [0.29, 0.717) is 17.2 Å². The molecule has 150 valence electrons. The van der Waals surface area contributed by atoms with Gasteiger partial charge in [0.25, 0.3) is 11.6 Å². The number of aryl methyl sites for hydroxylation is 2. The molecule has 3 rings (SSSR count). The molecule has 0 radical (unpaired) electrons. The number of methoxy groups -OCH3 is 1. The fraction of sp³-hybridized carbons (Fsp3) is 0.190. The van der Waals surface area contributed by atoms with E-state index in [1.807, 2.05) is 31.4 Å². The topological polar surface area (TPSA) is 90.7 Å². The van der Waals surface area contributed by atoms with E-state index in [1.165, 1.54) is 36.6 Å². The fourth-order valence-electron chi connectivity index (χ4n) is 2.83. The Morgan fingerprint density at radius 3 is 2.52 bits per heavy atom. The SMILES string of the molecule is COc1cc([N+](=O)[O-])ccc1NC(=O)c1cc(COc2cc(C)cc(C)c2)cs1. The highest BCUT2D eigenvalue weighted by atomic mass is 32.1. The molecule has 8 heteroatoms. The van der Waals surface area contributed by atoms with Crippen LogP contribution in [0.5, 0.6) is 11.5 Å². The third-order valence-corrected chi connectivity index (χ3v) is 5.10. The van der Waals surface area contributed by atoms with Crippen molar-refractivity contribution >= 4 is 28.6 Å². The van der Waals surface area contributed by atoms with Crippen molar-refractivity contribution in [2.24, 2.45) is 0 Å². The number of hydrogen-bond acceptors (Lipinski definition) is 6. The molecular formula is C21H20N2O5S. The van der Waals surface area contributed by atoms with Crippen LogP contribution in [0, 0.1) is 24.0 Å². The largest absolute Gasteiger partial charge is 0.494 e. The Kier molecular flexibility index (Phi) is 6.13. The van der Waals surface area contributed by atoms with Crippen LogP contribution in [0.4, 0.5) is 11.4 Å². The fourth-order valence-corrected chi connectivity index (χ4v) is 3.63. The predicted molar refractivity (Wildman–Crippen MR) is 112 cm³/mol. The number of thiophene rings is 1. The molecule has 0 bridgehead atoms. The molecular weight excluding hydrogens is 392 g/mol. The Labute approximate surface area is 172 Å². The molecule has 1 aromatic heterocycles. The van der Waals surface area contributed by atoms with Gasteiger partial charge >= 0.3 is 0 Å². The zero-order valence-electron chi connectivity index (χ0n) is 16.2.